The van der Waals surface area contributed by atoms with Gasteiger partial charge in [0, 0.05) is 23.4 Å². The second kappa shape index (κ2) is 3.35. The molecule has 1 aromatic heterocycles. The van der Waals surface area contributed by atoms with Crippen LogP contribution in [0.3, 0.4) is 0 Å². The average Bonchev–Trinajstić information content (AvgIpc) is 2.86. The van der Waals surface area contributed by atoms with Crippen molar-refractivity contribution in [1.29, 1.82) is 0 Å². The van der Waals surface area contributed by atoms with E-state index in [4.69, 9.17) is 4.42 Å². The third-order valence-corrected chi connectivity index (χ3v) is 3.04. The van der Waals surface area contributed by atoms with Gasteiger partial charge in [-0.3, -0.25) is 0 Å². The lowest BCUT2D eigenvalue weighted by Crippen LogP contribution is -2.08. The first-order valence-corrected chi connectivity index (χ1v) is 5.22. The van der Waals surface area contributed by atoms with E-state index in [0.29, 0.717) is 5.92 Å². The fourth-order valence-corrected chi connectivity index (χ4v) is 2.30. The van der Waals surface area contributed by atoms with Gasteiger partial charge in [-0.1, -0.05) is 0 Å². The van der Waals surface area contributed by atoms with E-state index in [1.807, 2.05) is 6.07 Å². The molecule has 15 heavy (non-hydrogen) atoms. The Bertz CT molecular complexity index is 485. The fourth-order valence-electron chi connectivity index (χ4n) is 2.30. The van der Waals surface area contributed by atoms with Gasteiger partial charge in [0.15, 0.2) is 0 Å². The van der Waals surface area contributed by atoms with Gasteiger partial charge in [0.05, 0.1) is 6.26 Å². The van der Waals surface area contributed by atoms with E-state index in [0.717, 1.165) is 36.0 Å². The first-order valence-electron chi connectivity index (χ1n) is 5.22. The molecule has 1 aromatic carbocycles. The summed E-state index contributed by atoms with van der Waals surface area (Å²) in [5, 5.41) is 4.14. The number of rotatable bonds is 1. The number of hydrogen-bond donors (Lipinski definition) is 1. The van der Waals surface area contributed by atoms with Gasteiger partial charge in [0.1, 0.15) is 11.4 Å². The number of hydrogen-bond acceptors (Lipinski definition) is 2. The summed E-state index contributed by atoms with van der Waals surface area (Å²) in [4.78, 5) is 0. The van der Waals surface area contributed by atoms with Crippen molar-refractivity contribution < 1.29 is 8.81 Å². The Labute approximate surface area is 87.1 Å². The summed E-state index contributed by atoms with van der Waals surface area (Å²) >= 11 is 0. The predicted octanol–water partition coefficient (Wildman–Crippen LogP) is 2.65. The third kappa shape index (κ3) is 1.43. The molecule has 0 amide bonds. The summed E-state index contributed by atoms with van der Waals surface area (Å²) in [5.74, 6) is 0.208. The Morgan fingerprint density at radius 2 is 2.33 bits per heavy atom. The molecule has 0 spiro atoms. The molecular formula is C12H12FNO. The standard InChI is InChI=1S/C12H12FNO/c13-10-5-8-2-4-15-12(8)11(6-10)9-1-3-14-7-9/h2,4-6,9,14H,1,3,7H2. The van der Waals surface area contributed by atoms with Crippen molar-refractivity contribution >= 4 is 11.0 Å². The highest BCUT2D eigenvalue weighted by Gasteiger charge is 2.21. The van der Waals surface area contributed by atoms with Crippen LogP contribution in [0.1, 0.15) is 17.9 Å². The second-order valence-electron chi connectivity index (χ2n) is 4.02. The molecule has 0 saturated carbocycles. The van der Waals surface area contributed by atoms with Gasteiger partial charge in [-0.15, -0.1) is 0 Å². The van der Waals surface area contributed by atoms with Crippen LogP contribution in [0, 0.1) is 5.82 Å². The molecule has 0 aliphatic carbocycles. The van der Waals surface area contributed by atoms with Crippen molar-refractivity contribution in [3.8, 4) is 0 Å². The number of nitrogens with one attached hydrogen (secondary N) is 1. The molecule has 1 aliphatic rings. The molecule has 2 heterocycles. The van der Waals surface area contributed by atoms with Crippen LogP contribution in [0.5, 0.6) is 0 Å². The SMILES string of the molecule is Fc1cc(C2CCNC2)c2occc2c1. The maximum atomic E-state index is 13.4. The first kappa shape index (κ1) is 8.92. The molecule has 78 valence electrons. The minimum absolute atomic E-state index is 0.175. The second-order valence-corrected chi connectivity index (χ2v) is 4.02. The molecular weight excluding hydrogens is 193 g/mol. The lowest BCUT2D eigenvalue weighted by molar-refractivity contribution is 0.594. The van der Waals surface area contributed by atoms with E-state index in [-0.39, 0.29) is 5.82 Å². The molecule has 0 radical (unpaired) electrons. The predicted molar refractivity (Wildman–Crippen MR) is 56.4 cm³/mol. The first-order chi connectivity index (χ1) is 7.34. The van der Waals surface area contributed by atoms with Gasteiger partial charge in [0.2, 0.25) is 0 Å². The highest BCUT2D eigenvalue weighted by Crippen LogP contribution is 2.31. The van der Waals surface area contributed by atoms with Crippen LogP contribution in [-0.4, -0.2) is 13.1 Å². The zero-order valence-electron chi connectivity index (χ0n) is 8.29. The van der Waals surface area contributed by atoms with Crippen LogP contribution in [0.25, 0.3) is 11.0 Å². The van der Waals surface area contributed by atoms with Crippen molar-refractivity contribution in [3.63, 3.8) is 0 Å². The van der Waals surface area contributed by atoms with E-state index in [9.17, 15) is 4.39 Å². The van der Waals surface area contributed by atoms with E-state index >= 15 is 0 Å². The summed E-state index contributed by atoms with van der Waals surface area (Å²) in [6.07, 6.45) is 2.68. The molecule has 2 nitrogen and oxygen atoms in total. The van der Waals surface area contributed by atoms with E-state index in [1.54, 1.807) is 12.3 Å². The smallest absolute Gasteiger partial charge is 0.137 e. The lowest BCUT2D eigenvalue weighted by Gasteiger charge is -2.09. The van der Waals surface area contributed by atoms with Crippen molar-refractivity contribution in [2.75, 3.05) is 13.1 Å². The third-order valence-electron chi connectivity index (χ3n) is 3.04. The number of halogens is 1. The Morgan fingerprint density at radius 3 is 3.13 bits per heavy atom. The van der Waals surface area contributed by atoms with Crippen LogP contribution in [-0.2, 0) is 0 Å². The summed E-state index contributed by atoms with van der Waals surface area (Å²) in [7, 11) is 0. The quantitative estimate of drug-likeness (QED) is 0.774. The molecule has 1 saturated heterocycles. The van der Waals surface area contributed by atoms with Crippen molar-refractivity contribution in [2.24, 2.45) is 0 Å². The molecule has 1 unspecified atom stereocenters. The van der Waals surface area contributed by atoms with E-state index < -0.39 is 0 Å². The maximum Gasteiger partial charge on any atom is 0.137 e. The molecule has 1 atom stereocenters. The minimum Gasteiger partial charge on any atom is -0.464 e. The van der Waals surface area contributed by atoms with E-state index in [2.05, 4.69) is 5.32 Å². The monoisotopic (exact) mass is 205 g/mol. The van der Waals surface area contributed by atoms with Crippen molar-refractivity contribution in [2.45, 2.75) is 12.3 Å². The molecule has 1 aliphatic heterocycles. The molecule has 3 heteroatoms. The molecule has 1 fully saturated rings. The number of fused-ring (bicyclic) bond motifs is 1. The zero-order chi connectivity index (χ0) is 10.3. The zero-order valence-corrected chi connectivity index (χ0v) is 8.29. The number of furan rings is 1. The molecule has 3 rings (SSSR count). The highest BCUT2D eigenvalue weighted by molar-refractivity contribution is 5.81. The van der Waals surface area contributed by atoms with Gasteiger partial charge < -0.3 is 9.73 Å². The Balaban J connectivity index is 2.18. The Morgan fingerprint density at radius 1 is 1.40 bits per heavy atom. The summed E-state index contributed by atoms with van der Waals surface area (Å²) < 4.78 is 18.8. The van der Waals surface area contributed by atoms with Gasteiger partial charge in [-0.2, -0.15) is 0 Å². The van der Waals surface area contributed by atoms with Crippen LogP contribution >= 0.6 is 0 Å². The van der Waals surface area contributed by atoms with E-state index in [1.165, 1.54) is 6.07 Å². The summed E-state index contributed by atoms with van der Waals surface area (Å²) in [6.45, 7) is 1.92. The van der Waals surface area contributed by atoms with Gasteiger partial charge >= 0.3 is 0 Å². The van der Waals surface area contributed by atoms with Gasteiger partial charge in [-0.25, -0.2) is 4.39 Å². The Kier molecular flexibility index (Phi) is 1.99. The topological polar surface area (TPSA) is 25.2 Å². The molecule has 2 aromatic rings. The normalized spacial score (nSPS) is 21.3. The summed E-state index contributed by atoms with van der Waals surface area (Å²) in [6, 6.07) is 4.93. The lowest BCUT2D eigenvalue weighted by atomic mass is 9.97. The molecule has 1 N–H and O–H groups in total. The minimum atomic E-state index is -0.175. The van der Waals surface area contributed by atoms with Gasteiger partial charge in [0.25, 0.3) is 0 Å². The Hall–Kier alpha value is -1.35. The largest absolute Gasteiger partial charge is 0.464 e. The van der Waals surface area contributed by atoms with Crippen LogP contribution in [0.4, 0.5) is 4.39 Å². The molecule has 0 bridgehead atoms. The summed E-state index contributed by atoms with van der Waals surface area (Å²) in [5.41, 5.74) is 1.84. The van der Waals surface area contributed by atoms with Crippen molar-refractivity contribution in [1.82, 2.24) is 5.32 Å². The number of benzene rings is 1. The maximum absolute atomic E-state index is 13.4. The van der Waals surface area contributed by atoms with Crippen LogP contribution < -0.4 is 5.32 Å². The fraction of sp³-hybridized carbons (Fsp3) is 0.333. The highest BCUT2D eigenvalue weighted by atomic mass is 19.1. The average molecular weight is 205 g/mol. The van der Waals surface area contributed by atoms with Crippen LogP contribution in [0.15, 0.2) is 28.9 Å². The van der Waals surface area contributed by atoms with Gasteiger partial charge in [-0.05, 0) is 31.2 Å². The van der Waals surface area contributed by atoms with Crippen LogP contribution in [0.2, 0.25) is 0 Å². The van der Waals surface area contributed by atoms with Crippen molar-refractivity contribution in [3.05, 3.63) is 35.8 Å².